The number of ether oxygens (including phenoxy) is 1. The summed E-state index contributed by atoms with van der Waals surface area (Å²) >= 11 is 0. The van der Waals surface area contributed by atoms with Crippen LogP contribution in [-0.4, -0.2) is 18.3 Å². The Hall–Kier alpha value is -2.53. The number of carbonyl (C=O) groups excluding carboxylic acids is 1. The molecule has 0 aliphatic carbocycles. The van der Waals surface area contributed by atoms with Crippen molar-refractivity contribution in [2.24, 2.45) is 0 Å². The van der Waals surface area contributed by atoms with Gasteiger partial charge in [-0.3, -0.25) is 5.21 Å². The number of anilines is 1. The van der Waals surface area contributed by atoms with E-state index >= 15 is 0 Å². The van der Waals surface area contributed by atoms with E-state index in [1.54, 1.807) is 0 Å². The van der Waals surface area contributed by atoms with E-state index in [1.165, 1.54) is 12.6 Å². The molecular weight excluding hydrogens is 316 g/mol. The lowest BCUT2D eigenvalue weighted by Crippen LogP contribution is -2.36. The number of aryl methyl sites for hydroxylation is 2. The minimum absolute atomic E-state index is 0.148. The van der Waals surface area contributed by atoms with Crippen LogP contribution in [0.25, 0.3) is 0 Å². The zero-order valence-corrected chi connectivity index (χ0v) is 15.5. The Morgan fingerprint density at radius 1 is 1.24 bits per heavy atom. The van der Waals surface area contributed by atoms with Gasteiger partial charge in [0.25, 0.3) is 0 Å². The molecule has 0 heterocycles. The fourth-order valence-electron chi connectivity index (χ4n) is 2.78. The third-order valence-corrected chi connectivity index (χ3v) is 4.10. The van der Waals surface area contributed by atoms with Crippen molar-refractivity contribution in [1.82, 2.24) is 5.32 Å². The van der Waals surface area contributed by atoms with Gasteiger partial charge in [0.2, 0.25) is 0 Å². The predicted molar refractivity (Wildman–Crippen MR) is 99.5 cm³/mol. The zero-order chi connectivity index (χ0) is 18.6. The van der Waals surface area contributed by atoms with Crippen molar-refractivity contribution in [3.63, 3.8) is 0 Å². The normalized spacial score (nSPS) is 10.7. The van der Waals surface area contributed by atoms with E-state index in [0.29, 0.717) is 10.8 Å². The van der Waals surface area contributed by atoms with E-state index in [2.05, 4.69) is 11.4 Å². The molecule has 2 aromatic rings. The lowest BCUT2D eigenvalue weighted by molar-refractivity contribution is 0.205. The molecule has 2 N–H and O–H groups in total. The Morgan fingerprint density at radius 2 is 1.96 bits per heavy atom. The van der Waals surface area contributed by atoms with Gasteiger partial charge in [0.1, 0.15) is 12.4 Å². The molecular formula is C20H26N2O3. The third-order valence-electron chi connectivity index (χ3n) is 4.10. The van der Waals surface area contributed by atoms with E-state index in [1.807, 2.05) is 58.0 Å². The van der Waals surface area contributed by atoms with Gasteiger partial charge in [-0.2, -0.15) is 5.06 Å². The number of para-hydroxylation sites is 1. The Labute approximate surface area is 149 Å². The van der Waals surface area contributed by atoms with Gasteiger partial charge in [0.15, 0.2) is 0 Å². The van der Waals surface area contributed by atoms with Gasteiger partial charge in [0.05, 0.1) is 5.69 Å². The van der Waals surface area contributed by atoms with Crippen LogP contribution in [0.3, 0.4) is 0 Å². The van der Waals surface area contributed by atoms with Crippen molar-refractivity contribution in [3.05, 3.63) is 58.7 Å². The standard InChI is InChI=1S/C20H26N2O3/c1-13(2)17-8-6-7-16(19(17)22(24)20(23)21-5)12-25-18-10-9-14(3)11-15(18)4/h6-11,13,24H,12H2,1-5H3,(H,21,23). The van der Waals surface area contributed by atoms with Crippen molar-refractivity contribution in [1.29, 1.82) is 0 Å². The molecule has 0 unspecified atom stereocenters. The van der Waals surface area contributed by atoms with Crippen LogP contribution in [-0.2, 0) is 6.61 Å². The van der Waals surface area contributed by atoms with E-state index < -0.39 is 6.03 Å². The Morgan fingerprint density at radius 3 is 2.56 bits per heavy atom. The zero-order valence-electron chi connectivity index (χ0n) is 15.5. The minimum Gasteiger partial charge on any atom is -0.489 e. The summed E-state index contributed by atoms with van der Waals surface area (Å²) in [5.41, 5.74) is 4.33. The van der Waals surface area contributed by atoms with Crippen molar-refractivity contribution >= 4 is 11.7 Å². The fourth-order valence-corrected chi connectivity index (χ4v) is 2.78. The molecule has 0 atom stereocenters. The third kappa shape index (κ3) is 4.31. The maximum absolute atomic E-state index is 11.9. The summed E-state index contributed by atoms with van der Waals surface area (Å²) in [7, 11) is 1.48. The fraction of sp³-hybridized carbons (Fsp3) is 0.350. The number of nitrogens with one attached hydrogen (secondary N) is 1. The minimum atomic E-state index is -0.583. The summed E-state index contributed by atoms with van der Waals surface area (Å²) in [5.74, 6) is 0.936. The van der Waals surface area contributed by atoms with E-state index in [0.717, 1.165) is 22.4 Å². The molecule has 0 bridgehead atoms. The first-order valence-corrected chi connectivity index (χ1v) is 8.37. The quantitative estimate of drug-likeness (QED) is 0.619. The predicted octanol–water partition coefficient (Wildman–Crippen LogP) is 4.54. The number of amides is 2. The van der Waals surface area contributed by atoms with Gasteiger partial charge in [-0.25, -0.2) is 4.79 Å². The smallest absolute Gasteiger partial charge is 0.345 e. The highest BCUT2D eigenvalue weighted by Crippen LogP contribution is 2.32. The van der Waals surface area contributed by atoms with Crippen LogP contribution in [0.4, 0.5) is 10.5 Å². The highest BCUT2D eigenvalue weighted by Gasteiger charge is 2.21. The highest BCUT2D eigenvalue weighted by molar-refractivity contribution is 5.91. The lowest BCUT2D eigenvalue weighted by atomic mass is 9.97. The monoisotopic (exact) mass is 342 g/mol. The van der Waals surface area contributed by atoms with Gasteiger partial charge in [0, 0.05) is 12.6 Å². The molecule has 2 amide bonds. The molecule has 5 nitrogen and oxygen atoms in total. The second kappa shape index (κ2) is 8.03. The van der Waals surface area contributed by atoms with Crippen molar-refractivity contribution < 1.29 is 14.7 Å². The molecule has 2 rings (SSSR count). The van der Waals surface area contributed by atoms with E-state index in [-0.39, 0.29) is 12.5 Å². The number of hydrogen-bond acceptors (Lipinski definition) is 3. The van der Waals surface area contributed by atoms with Gasteiger partial charge in [-0.15, -0.1) is 0 Å². The average molecular weight is 342 g/mol. The van der Waals surface area contributed by atoms with Crippen molar-refractivity contribution in [2.75, 3.05) is 12.1 Å². The maximum Gasteiger partial charge on any atom is 0.345 e. The van der Waals surface area contributed by atoms with Crippen LogP contribution in [0.2, 0.25) is 0 Å². The molecule has 0 saturated heterocycles. The summed E-state index contributed by atoms with van der Waals surface area (Å²) in [6, 6.07) is 11.1. The number of urea groups is 1. The molecule has 0 saturated carbocycles. The number of carbonyl (C=O) groups is 1. The van der Waals surface area contributed by atoms with Crippen LogP contribution < -0.4 is 15.1 Å². The number of nitrogens with zero attached hydrogens (tertiary/aromatic N) is 1. The molecule has 0 aliphatic heterocycles. The molecule has 0 spiro atoms. The van der Waals surface area contributed by atoms with Crippen LogP contribution in [0, 0.1) is 13.8 Å². The lowest BCUT2D eigenvalue weighted by Gasteiger charge is -2.23. The number of hydrogen-bond donors (Lipinski definition) is 2. The van der Waals surface area contributed by atoms with Gasteiger partial charge in [-0.1, -0.05) is 49.7 Å². The van der Waals surface area contributed by atoms with Crippen molar-refractivity contribution in [3.8, 4) is 5.75 Å². The van der Waals surface area contributed by atoms with Crippen LogP contribution >= 0.6 is 0 Å². The highest BCUT2D eigenvalue weighted by atomic mass is 16.5. The molecule has 2 aromatic carbocycles. The van der Waals surface area contributed by atoms with Gasteiger partial charge < -0.3 is 10.1 Å². The molecule has 0 aromatic heterocycles. The summed E-state index contributed by atoms with van der Waals surface area (Å²) < 4.78 is 5.95. The van der Waals surface area contributed by atoms with Crippen molar-refractivity contribution in [2.45, 2.75) is 40.2 Å². The molecule has 0 fully saturated rings. The van der Waals surface area contributed by atoms with Gasteiger partial charge in [-0.05, 0) is 37.0 Å². The number of hydroxylamine groups is 1. The first-order valence-electron chi connectivity index (χ1n) is 8.37. The van der Waals surface area contributed by atoms with Crippen LogP contribution in [0.5, 0.6) is 5.75 Å². The summed E-state index contributed by atoms with van der Waals surface area (Å²) in [4.78, 5) is 11.9. The number of rotatable bonds is 5. The molecule has 0 aliphatic rings. The first-order chi connectivity index (χ1) is 11.8. The SMILES string of the molecule is CNC(=O)N(O)c1c(COc2ccc(C)cc2C)cccc1C(C)C. The second-order valence-corrected chi connectivity index (χ2v) is 6.43. The molecule has 25 heavy (non-hydrogen) atoms. The molecule has 5 heteroatoms. The van der Waals surface area contributed by atoms with Gasteiger partial charge >= 0.3 is 6.03 Å². The second-order valence-electron chi connectivity index (χ2n) is 6.43. The van der Waals surface area contributed by atoms with E-state index in [9.17, 15) is 10.0 Å². The molecule has 0 radical (unpaired) electrons. The largest absolute Gasteiger partial charge is 0.489 e. The average Bonchev–Trinajstić information content (AvgIpc) is 2.59. The topological polar surface area (TPSA) is 61.8 Å². The van der Waals surface area contributed by atoms with Crippen LogP contribution in [0.1, 0.15) is 42.0 Å². The summed E-state index contributed by atoms with van der Waals surface area (Å²) in [6.07, 6.45) is 0. The summed E-state index contributed by atoms with van der Waals surface area (Å²) in [5, 5.41) is 13.5. The molecule has 134 valence electrons. The van der Waals surface area contributed by atoms with Crippen LogP contribution in [0.15, 0.2) is 36.4 Å². The Bertz CT molecular complexity index is 757. The van der Waals surface area contributed by atoms with E-state index in [4.69, 9.17) is 4.74 Å². The number of benzene rings is 2. The first kappa shape index (κ1) is 18.8. The Balaban J connectivity index is 2.36. The summed E-state index contributed by atoms with van der Waals surface area (Å²) in [6.45, 7) is 8.33. The maximum atomic E-state index is 11.9. The Kier molecular flexibility index (Phi) is 6.04.